The van der Waals surface area contributed by atoms with Gasteiger partial charge in [0.15, 0.2) is 5.69 Å². The third-order valence-corrected chi connectivity index (χ3v) is 2.64. The molecule has 0 unspecified atom stereocenters. The molecule has 0 spiro atoms. The van der Waals surface area contributed by atoms with Gasteiger partial charge in [0, 0.05) is 6.54 Å². The molecule has 0 amide bonds. The Kier molecular flexibility index (Phi) is 3.85. The number of nitrogens with two attached hydrogens (primary N) is 2. The molecule has 0 aliphatic carbocycles. The predicted octanol–water partition coefficient (Wildman–Crippen LogP) is 1.62. The second-order valence-electron chi connectivity index (χ2n) is 4.08. The molecule has 2 rings (SSSR count). The number of ether oxygens (including phenoxy) is 1. The average molecular weight is 300 g/mol. The molecule has 2 aromatic rings. The molecule has 5 N–H and O–H groups in total. The summed E-state index contributed by atoms with van der Waals surface area (Å²) in [6.45, 7) is -0.0469. The van der Waals surface area contributed by atoms with Crippen LogP contribution >= 0.6 is 0 Å². The van der Waals surface area contributed by atoms with Crippen molar-refractivity contribution in [1.82, 2.24) is 9.97 Å². The molecule has 0 fully saturated rings. The third kappa shape index (κ3) is 3.14. The van der Waals surface area contributed by atoms with Crippen molar-refractivity contribution < 1.29 is 17.9 Å². The number of nitrogens with zero attached hydrogens (tertiary/aromatic N) is 1. The highest BCUT2D eigenvalue weighted by atomic mass is 19.4. The van der Waals surface area contributed by atoms with Crippen LogP contribution in [0.1, 0.15) is 11.1 Å². The zero-order valence-corrected chi connectivity index (χ0v) is 10.6. The van der Waals surface area contributed by atoms with Crippen molar-refractivity contribution in [2.75, 3.05) is 5.73 Å². The molecule has 1 aromatic heterocycles. The summed E-state index contributed by atoms with van der Waals surface area (Å²) in [4.78, 5) is 17.1. The van der Waals surface area contributed by atoms with Crippen LogP contribution in [0.3, 0.4) is 0 Å². The van der Waals surface area contributed by atoms with Gasteiger partial charge in [-0.25, -0.2) is 4.98 Å². The molecule has 9 heteroatoms. The van der Waals surface area contributed by atoms with Crippen molar-refractivity contribution in [3.8, 4) is 11.6 Å². The van der Waals surface area contributed by atoms with Crippen LogP contribution in [0, 0.1) is 0 Å². The van der Waals surface area contributed by atoms with Crippen LogP contribution in [0.25, 0.3) is 0 Å². The molecule has 0 aliphatic rings. The number of halogens is 3. The van der Waals surface area contributed by atoms with Gasteiger partial charge in [0.2, 0.25) is 5.88 Å². The van der Waals surface area contributed by atoms with Crippen molar-refractivity contribution >= 4 is 5.69 Å². The first-order valence-corrected chi connectivity index (χ1v) is 5.74. The summed E-state index contributed by atoms with van der Waals surface area (Å²) in [7, 11) is 0. The lowest BCUT2D eigenvalue weighted by Gasteiger charge is -2.14. The molecule has 0 radical (unpaired) electrons. The second kappa shape index (κ2) is 5.44. The zero-order valence-electron chi connectivity index (χ0n) is 10.6. The number of anilines is 1. The number of nitrogen functional groups attached to an aromatic ring is 1. The number of aromatic nitrogens is 2. The van der Waals surface area contributed by atoms with Crippen molar-refractivity contribution in [1.29, 1.82) is 0 Å². The summed E-state index contributed by atoms with van der Waals surface area (Å²) in [5.74, 6) is -0.908. The van der Waals surface area contributed by atoms with E-state index in [4.69, 9.17) is 16.2 Å². The Bertz CT molecular complexity index is 712. The van der Waals surface area contributed by atoms with Gasteiger partial charge in [-0.15, -0.1) is 0 Å². The van der Waals surface area contributed by atoms with E-state index in [9.17, 15) is 18.0 Å². The van der Waals surface area contributed by atoms with Gasteiger partial charge in [0.05, 0.1) is 11.9 Å². The van der Waals surface area contributed by atoms with Gasteiger partial charge in [0.1, 0.15) is 5.75 Å². The molecule has 6 nitrogen and oxygen atoms in total. The number of H-pyrrole nitrogens is 1. The van der Waals surface area contributed by atoms with E-state index < -0.39 is 34.6 Å². The van der Waals surface area contributed by atoms with Gasteiger partial charge in [-0.2, -0.15) is 13.2 Å². The summed E-state index contributed by atoms with van der Waals surface area (Å²) in [5.41, 5.74) is 8.90. The number of hydrogen-bond acceptors (Lipinski definition) is 5. The van der Waals surface area contributed by atoms with Crippen LogP contribution < -0.4 is 21.8 Å². The third-order valence-electron chi connectivity index (χ3n) is 2.64. The van der Waals surface area contributed by atoms with Gasteiger partial charge >= 0.3 is 6.18 Å². The van der Waals surface area contributed by atoms with E-state index in [1.165, 1.54) is 6.07 Å². The summed E-state index contributed by atoms with van der Waals surface area (Å²) >= 11 is 0. The average Bonchev–Trinajstić information content (AvgIpc) is 2.43. The smallest absolute Gasteiger partial charge is 0.419 e. The fourth-order valence-electron chi connectivity index (χ4n) is 1.59. The SMILES string of the molecule is NCc1ccc(Oc2nc[nH]c(=O)c2N)c(C(F)(F)F)c1. The predicted molar refractivity (Wildman–Crippen MR) is 68.7 cm³/mol. The van der Waals surface area contributed by atoms with E-state index in [1.54, 1.807) is 0 Å². The van der Waals surface area contributed by atoms with E-state index in [0.717, 1.165) is 18.5 Å². The Balaban J connectivity index is 2.49. The fraction of sp³-hybridized carbons (Fsp3) is 0.167. The maximum absolute atomic E-state index is 13.0. The van der Waals surface area contributed by atoms with Crippen LogP contribution in [-0.2, 0) is 12.7 Å². The van der Waals surface area contributed by atoms with Crippen molar-refractivity contribution in [3.63, 3.8) is 0 Å². The van der Waals surface area contributed by atoms with Gasteiger partial charge in [-0.05, 0) is 17.7 Å². The van der Waals surface area contributed by atoms with E-state index in [0.29, 0.717) is 5.56 Å². The molecule has 0 atom stereocenters. The lowest BCUT2D eigenvalue weighted by Crippen LogP contribution is -2.14. The second-order valence-corrected chi connectivity index (χ2v) is 4.08. The van der Waals surface area contributed by atoms with Crippen molar-refractivity contribution in [2.45, 2.75) is 12.7 Å². The molecule has 0 saturated heterocycles. The Labute approximate surface area is 116 Å². The normalized spacial score (nSPS) is 11.4. The molecule has 0 aliphatic heterocycles. The highest BCUT2D eigenvalue weighted by Crippen LogP contribution is 2.38. The Morgan fingerprint density at radius 3 is 2.67 bits per heavy atom. The number of nitrogens with one attached hydrogen (secondary N) is 1. The van der Waals surface area contributed by atoms with Crippen LogP contribution in [0.5, 0.6) is 11.6 Å². The summed E-state index contributed by atoms with van der Waals surface area (Å²) in [6, 6.07) is 3.36. The lowest BCUT2D eigenvalue weighted by molar-refractivity contribution is -0.138. The van der Waals surface area contributed by atoms with E-state index >= 15 is 0 Å². The Hall–Kier alpha value is -2.55. The van der Waals surface area contributed by atoms with Gasteiger partial charge in [-0.1, -0.05) is 6.07 Å². The van der Waals surface area contributed by atoms with Gasteiger partial charge < -0.3 is 21.2 Å². The molecule has 0 saturated carbocycles. The summed E-state index contributed by atoms with van der Waals surface area (Å²) < 4.78 is 44.1. The fourth-order valence-corrected chi connectivity index (χ4v) is 1.59. The van der Waals surface area contributed by atoms with Crippen LogP contribution in [0.4, 0.5) is 18.9 Å². The zero-order chi connectivity index (χ0) is 15.6. The standard InChI is InChI=1S/C12H11F3N4O2/c13-12(14,15)7-3-6(4-16)1-2-8(7)21-11-9(17)10(20)18-5-19-11/h1-3,5H,4,16-17H2,(H,18,19,20). The van der Waals surface area contributed by atoms with E-state index in [-0.39, 0.29) is 6.54 Å². The maximum Gasteiger partial charge on any atom is 0.419 e. The Morgan fingerprint density at radius 1 is 1.33 bits per heavy atom. The first-order valence-electron chi connectivity index (χ1n) is 5.74. The summed E-state index contributed by atoms with van der Waals surface area (Å²) in [5, 5.41) is 0. The topological polar surface area (TPSA) is 107 Å². The van der Waals surface area contributed by atoms with Gasteiger partial charge in [0.25, 0.3) is 5.56 Å². The van der Waals surface area contributed by atoms with Crippen LogP contribution in [0.15, 0.2) is 29.3 Å². The quantitative estimate of drug-likeness (QED) is 0.798. The van der Waals surface area contributed by atoms with Gasteiger partial charge in [-0.3, -0.25) is 4.79 Å². The molecule has 1 heterocycles. The van der Waals surface area contributed by atoms with Crippen molar-refractivity contribution in [3.05, 3.63) is 46.0 Å². The van der Waals surface area contributed by atoms with E-state index in [2.05, 4.69) is 9.97 Å². The molecule has 0 bridgehead atoms. The minimum atomic E-state index is -4.64. The van der Waals surface area contributed by atoms with E-state index in [1.807, 2.05) is 0 Å². The number of benzene rings is 1. The first-order chi connectivity index (χ1) is 9.82. The molecule has 1 aromatic carbocycles. The minimum absolute atomic E-state index is 0.0469. The molecule has 21 heavy (non-hydrogen) atoms. The summed E-state index contributed by atoms with van der Waals surface area (Å²) in [6.07, 6.45) is -3.66. The molecular weight excluding hydrogens is 289 g/mol. The minimum Gasteiger partial charge on any atom is -0.436 e. The highest BCUT2D eigenvalue weighted by Gasteiger charge is 2.35. The largest absolute Gasteiger partial charge is 0.436 e. The highest BCUT2D eigenvalue weighted by molar-refractivity contribution is 5.49. The monoisotopic (exact) mass is 300 g/mol. The number of alkyl halides is 3. The Morgan fingerprint density at radius 2 is 2.05 bits per heavy atom. The maximum atomic E-state index is 13.0. The van der Waals surface area contributed by atoms with Crippen LogP contribution in [-0.4, -0.2) is 9.97 Å². The number of rotatable bonds is 3. The van der Waals surface area contributed by atoms with Crippen LogP contribution in [0.2, 0.25) is 0 Å². The molecule has 112 valence electrons. The number of hydrogen-bond donors (Lipinski definition) is 3. The first kappa shape index (κ1) is 14.9. The number of aromatic amines is 1. The molecular formula is C12H11F3N4O2. The van der Waals surface area contributed by atoms with Crippen molar-refractivity contribution in [2.24, 2.45) is 5.73 Å². The lowest BCUT2D eigenvalue weighted by atomic mass is 10.1.